The standard InChI is InChI=1S/C9H19NO5/c1-5(12)8(4-11)15-6(2)9(14)10-7(3)13/h5-6,8-9,11-12,14H,4H2,1-3H3,(H,10,13). The smallest absolute Gasteiger partial charge is 0.218 e. The quantitative estimate of drug-likeness (QED) is 0.413. The molecule has 0 aliphatic carbocycles. The number of amides is 1. The van der Waals surface area contributed by atoms with Crippen molar-refractivity contribution in [3.63, 3.8) is 0 Å². The van der Waals surface area contributed by atoms with E-state index >= 15 is 0 Å². The van der Waals surface area contributed by atoms with Crippen molar-refractivity contribution in [3.8, 4) is 0 Å². The van der Waals surface area contributed by atoms with Crippen LogP contribution in [-0.2, 0) is 9.53 Å². The van der Waals surface area contributed by atoms with Gasteiger partial charge in [0.1, 0.15) is 6.10 Å². The third-order valence-corrected chi connectivity index (χ3v) is 1.90. The molecule has 0 fully saturated rings. The number of nitrogens with one attached hydrogen (secondary N) is 1. The minimum absolute atomic E-state index is 0.352. The van der Waals surface area contributed by atoms with E-state index in [-0.39, 0.29) is 12.5 Å². The first kappa shape index (κ1) is 14.3. The molecule has 0 rings (SSSR count). The molecular weight excluding hydrogens is 202 g/mol. The van der Waals surface area contributed by atoms with E-state index in [0.717, 1.165) is 0 Å². The molecule has 4 atom stereocenters. The van der Waals surface area contributed by atoms with Crippen LogP contribution < -0.4 is 5.32 Å². The van der Waals surface area contributed by atoms with E-state index in [1.165, 1.54) is 20.8 Å². The van der Waals surface area contributed by atoms with Gasteiger partial charge in [-0.25, -0.2) is 0 Å². The Labute approximate surface area is 88.9 Å². The van der Waals surface area contributed by atoms with Gasteiger partial charge in [0.05, 0.1) is 18.8 Å². The van der Waals surface area contributed by atoms with Gasteiger partial charge in [-0.15, -0.1) is 0 Å². The molecule has 0 aliphatic heterocycles. The molecule has 4 N–H and O–H groups in total. The van der Waals surface area contributed by atoms with E-state index in [9.17, 15) is 15.0 Å². The summed E-state index contributed by atoms with van der Waals surface area (Å²) in [6.45, 7) is 3.92. The summed E-state index contributed by atoms with van der Waals surface area (Å²) in [5.41, 5.74) is 0. The van der Waals surface area contributed by atoms with Gasteiger partial charge in [0.15, 0.2) is 6.23 Å². The fraction of sp³-hybridized carbons (Fsp3) is 0.889. The lowest BCUT2D eigenvalue weighted by Gasteiger charge is -2.26. The Bertz CT molecular complexity index is 197. The number of hydrogen-bond donors (Lipinski definition) is 4. The summed E-state index contributed by atoms with van der Waals surface area (Å²) in [6, 6.07) is 0. The van der Waals surface area contributed by atoms with Gasteiger partial charge < -0.3 is 25.4 Å². The molecule has 0 heterocycles. The number of rotatable bonds is 6. The number of aliphatic hydroxyl groups is 3. The first-order valence-electron chi connectivity index (χ1n) is 4.78. The Morgan fingerprint density at radius 1 is 1.40 bits per heavy atom. The molecule has 0 aliphatic rings. The highest BCUT2D eigenvalue weighted by Gasteiger charge is 2.22. The SMILES string of the molecule is CC(=O)NC(O)C(C)OC(CO)C(C)O. The van der Waals surface area contributed by atoms with Gasteiger partial charge >= 0.3 is 0 Å². The Hall–Kier alpha value is -0.690. The topological polar surface area (TPSA) is 99.0 Å². The first-order chi connectivity index (χ1) is 6.88. The predicted octanol–water partition coefficient (Wildman–Crippen LogP) is -1.41. The van der Waals surface area contributed by atoms with Crippen LogP contribution >= 0.6 is 0 Å². The van der Waals surface area contributed by atoms with Crippen molar-refractivity contribution in [2.75, 3.05) is 6.61 Å². The molecule has 0 bridgehead atoms. The summed E-state index contributed by atoms with van der Waals surface area (Å²) in [6.07, 6.45) is -3.48. The summed E-state index contributed by atoms with van der Waals surface area (Å²) in [7, 11) is 0. The van der Waals surface area contributed by atoms with Crippen LogP contribution in [0.5, 0.6) is 0 Å². The Kier molecular flexibility index (Phi) is 6.42. The average Bonchev–Trinajstić information content (AvgIpc) is 2.11. The number of hydrogen-bond acceptors (Lipinski definition) is 5. The van der Waals surface area contributed by atoms with Gasteiger partial charge in [0.2, 0.25) is 5.91 Å². The molecule has 6 heteroatoms. The molecule has 0 spiro atoms. The van der Waals surface area contributed by atoms with E-state index in [1.807, 2.05) is 0 Å². The fourth-order valence-electron chi connectivity index (χ4n) is 0.985. The molecule has 0 radical (unpaired) electrons. The fourth-order valence-corrected chi connectivity index (χ4v) is 0.985. The van der Waals surface area contributed by atoms with Crippen LogP contribution in [-0.4, -0.2) is 52.4 Å². The van der Waals surface area contributed by atoms with E-state index in [0.29, 0.717) is 0 Å². The first-order valence-corrected chi connectivity index (χ1v) is 4.78. The lowest BCUT2D eigenvalue weighted by atomic mass is 10.2. The van der Waals surface area contributed by atoms with Gasteiger partial charge in [-0.05, 0) is 13.8 Å². The Morgan fingerprint density at radius 3 is 2.27 bits per heavy atom. The molecule has 15 heavy (non-hydrogen) atoms. The van der Waals surface area contributed by atoms with Crippen molar-refractivity contribution < 1.29 is 24.9 Å². The highest BCUT2D eigenvalue weighted by atomic mass is 16.5. The maximum Gasteiger partial charge on any atom is 0.218 e. The van der Waals surface area contributed by atoms with Crippen molar-refractivity contribution >= 4 is 5.91 Å². The summed E-state index contributed by atoms with van der Waals surface area (Å²) < 4.78 is 5.16. The zero-order chi connectivity index (χ0) is 12.0. The zero-order valence-corrected chi connectivity index (χ0v) is 9.17. The summed E-state index contributed by atoms with van der Waals surface area (Å²) in [4.78, 5) is 10.6. The van der Waals surface area contributed by atoms with E-state index in [4.69, 9.17) is 9.84 Å². The van der Waals surface area contributed by atoms with Crippen molar-refractivity contribution in [1.82, 2.24) is 5.32 Å². The second kappa shape index (κ2) is 6.73. The van der Waals surface area contributed by atoms with E-state index in [2.05, 4.69) is 5.32 Å². The lowest BCUT2D eigenvalue weighted by Crippen LogP contribution is -2.45. The minimum atomic E-state index is -1.16. The molecule has 90 valence electrons. The maximum atomic E-state index is 10.6. The lowest BCUT2D eigenvalue weighted by molar-refractivity contribution is -0.139. The third kappa shape index (κ3) is 5.68. The van der Waals surface area contributed by atoms with Crippen molar-refractivity contribution in [2.45, 2.75) is 45.3 Å². The van der Waals surface area contributed by atoms with Gasteiger partial charge in [-0.3, -0.25) is 4.79 Å². The van der Waals surface area contributed by atoms with E-state index < -0.39 is 24.5 Å². The van der Waals surface area contributed by atoms with Crippen molar-refractivity contribution in [2.24, 2.45) is 0 Å². The van der Waals surface area contributed by atoms with Crippen molar-refractivity contribution in [3.05, 3.63) is 0 Å². The Morgan fingerprint density at radius 2 is 1.93 bits per heavy atom. The second-order valence-electron chi connectivity index (χ2n) is 3.45. The average molecular weight is 221 g/mol. The molecule has 0 saturated heterocycles. The highest BCUT2D eigenvalue weighted by Crippen LogP contribution is 2.05. The second-order valence-corrected chi connectivity index (χ2v) is 3.45. The molecule has 0 saturated carbocycles. The number of carbonyl (C=O) groups excluding carboxylic acids is 1. The van der Waals surface area contributed by atoms with Crippen LogP contribution in [0.3, 0.4) is 0 Å². The van der Waals surface area contributed by atoms with Crippen LogP contribution in [0, 0.1) is 0 Å². The van der Waals surface area contributed by atoms with Crippen LogP contribution in [0.1, 0.15) is 20.8 Å². The maximum absolute atomic E-state index is 10.6. The van der Waals surface area contributed by atoms with Gasteiger partial charge in [0, 0.05) is 6.92 Å². The Balaban J connectivity index is 4.09. The molecule has 0 aromatic carbocycles. The molecule has 0 aromatic rings. The van der Waals surface area contributed by atoms with Crippen LogP contribution in [0.4, 0.5) is 0 Å². The minimum Gasteiger partial charge on any atom is -0.394 e. The van der Waals surface area contributed by atoms with Crippen LogP contribution in [0.2, 0.25) is 0 Å². The van der Waals surface area contributed by atoms with Gasteiger partial charge in [-0.2, -0.15) is 0 Å². The molecule has 4 unspecified atom stereocenters. The summed E-state index contributed by atoms with van der Waals surface area (Å²) >= 11 is 0. The van der Waals surface area contributed by atoms with Crippen LogP contribution in [0.15, 0.2) is 0 Å². The number of aliphatic hydroxyl groups excluding tert-OH is 3. The van der Waals surface area contributed by atoms with Gasteiger partial charge in [-0.1, -0.05) is 0 Å². The number of carbonyl (C=O) groups is 1. The van der Waals surface area contributed by atoms with Crippen LogP contribution in [0.25, 0.3) is 0 Å². The summed E-state index contributed by atoms with van der Waals surface area (Å²) in [5.74, 6) is -0.379. The van der Waals surface area contributed by atoms with Crippen molar-refractivity contribution in [1.29, 1.82) is 0 Å². The highest BCUT2D eigenvalue weighted by molar-refractivity contribution is 5.73. The normalized spacial score (nSPS) is 19.1. The largest absolute Gasteiger partial charge is 0.394 e. The summed E-state index contributed by atoms with van der Waals surface area (Å²) in [5, 5.41) is 29.7. The molecule has 0 aromatic heterocycles. The predicted molar refractivity (Wildman–Crippen MR) is 52.9 cm³/mol. The molecule has 6 nitrogen and oxygen atoms in total. The van der Waals surface area contributed by atoms with E-state index in [1.54, 1.807) is 0 Å². The third-order valence-electron chi connectivity index (χ3n) is 1.90. The molecule has 1 amide bonds. The number of ether oxygens (including phenoxy) is 1. The monoisotopic (exact) mass is 221 g/mol. The van der Waals surface area contributed by atoms with Gasteiger partial charge in [0.25, 0.3) is 0 Å². The zero-order valence-electron chi connectivity index (χ0n) is 9.17. The molecular formula is C9H19NO5.